The third-order valence-electron chi connectivity index (χ3n) is 2.57. The van der Waals surface area contributed by atoms with Gasteiger partial charge in [-0.15, -0.1) is 11.3 Å². The molecule has 0 radical (unpaired) electrons. The molecule has 0 saturated carbocycles. The van der Waals surface area contributed by atoms with Crippen LogP contribution in [0, 0.1) is 5.41 Å². The topological polar surface area (TPSA) is 106 Å². The molecule has 1 saturated heterocycles. The molecule has 1 aliphatic heterocycles. The fourth-order valence-electron chi connectivity index (χ4n) is 1.46. The number of sulfonamides is 1. The average Bonchev–Trinajstić information content (AvgIpc) is 2.73. The number of aromatic carboxylic acids is 1. The van der Waals surface area contributed by atoms with Crippen LogP contribution in [0.25, 0.3) is 0 Å². The number of ether oxygens (including phenoxy) is 1. The first-order valence-electron chi connectivity index (χ1n) is 5.08. The number of nitrogens with zero attached hydrogens (tertiary/aromatic N) is 1. The van der Waals surface area contributed by atoms with Crippen molar-refractivity contribution >= 4 is 27.3 Å². The zero-order valence-electron chi connectivity index (χ0n) is 9.54. The monoisotopic (exact) mass is 292 g/mol. The van der Waals surface area contributed by atoms with Gasteiger partial charge in [-0.3, -0.25) is 0 Å². The molecular weight excluding hydrogens is 280 g/mol. The van der Waals surface area contributed by atoms with Gasteiger partial charge in [-0.05, 0) is 0 Å². The molecule has 7 nitrogen and oxygen atoms in total. The Labute approximate surface area is 108 Å². The molecule has 18 heavy (non-hydrogen) atoms. The van der Waals surface area contributed by atoms with Gasteiger partial charge in [0.1, 0.15) is 0 Å². The van der Waals surface area contributed by atoms with Crippen LogP contribution in [-0.4, -0.2) is 44.2 Å². The molecule has 2 N–H and O–H groups in total. The van der Waals surface area contributed by atoms with Gasteiger partial charge in [0, 0.05) is 12.0 Å². The lowest BCUT2D eigenvalue weighted by molar-refractivity contribution is -0.0965. The third kappa shape index (κ3) is 2.53. The predicted molar refractivity (Wildman–Crippen MR) is 63.2 cm³/mol. The number of carbonyl (C=O) groups is 1. The van der Waals surface area contributed by atoms with E-state index in [1.54, 1.807) is 0 Å². The van der Waals surface area contributed by atoms with E-state index in [0.717, 1.165) is 11.3 Å². The number of hydrogen-bond donors (Lipinski definition) is 2. The van der Waals surface area contributed by atoms with E-state index in [9.17, 15) is 13.2 Å². The quantitative estimate of drug-likeness (QED) is 0.800. The fraction of sp³-hybridized carbons (Fsp3) is 0.556. The van der Waals surface area contributed by atoms with Crippen molar-refractivity contribution in [3.05, 3.63) is 11.2 Å². The molecule has 0 atom stereocenters. The Kier molecular flexibility index (Phi) is 3.41. The Morgan fingerprint density at radius 1 is 1.67 bits per heavy atom. The summed E-state index contributed by atoms with van der Waals surface area (Å²) in [6, 6.07) is 0. The fourth-order valence-corrected chi connectivity index (χ4v) is 3.84. The van der Waals surface area contributed by atoms with E-state index in [4.69, 9.17) is 9.84 Å². The van der Waals surface area contributed by atoms with Crippen molar-refractivity contribution in [3.8, 4) is 0 Å². The summed E-state index contributed by atoms with van der Waals surface area (Å²) in [4.78, 5) is 14.4. The summed E-state index contributed by atoms with van der Waals surface area (Å²) in [6.07, 6.45) is 0. The van der Waals surface area contributed by atoms with E-state index in [-0.39, 0.29) is 16.2 Å². The molecule has 0 unspecified atom stereocenters. The first-order valence-corrected chi connectivity index (χ1v) is 7.45. The summed E-state index contributed by atoms with van der Waals surface area (Å²) in [7, 11) is -3.83. The Bertz CT molecular complexity index is 561. The van der Waals surface area contributed by atoms with E-state index >= 15 is 0 Å². The van der Waals surface area contributed by atoms with Gasteiger partial charge in [0.15, 0.2) is 9.90 Å². The van der Waals surface area contributed by atoms with Crippen molar-refractivity contribution in [1.29, 1.82) is 0 Å². The van der Waals surface area contributed by atoms with Crippen LogP contribution in [0.3, 0.4) is 0 Å². The lowest BCUT2D eigenvalue weighted by Gasteiger charge is -2.37. The highest BCUT2D eigenvalue weighted by Crippen LogP contribution is 2.27. The maximum Gasteiger partial charge on any atom is 0.356 e. The second-order valence-corrected chi connectivity index (χ2v) is 7.24. The first kappa shape index (κ1) is 13.4. The number of nitrogens with one attached hydrogen (secondary N) is 1. The lowest BCUT2D eigenvalue weighted by atomic mass is 9.89. The lowest BCUT2D eigenvalue weighted by Crippen LogP contribution is -2.48. The number of thiazole rings is 1. The first-order chi connectivity index (χ1) is 8.34. The van der Waals surface area contributed by atoms with E-state index in [0.29, 0.717) is 13.2 Å². The van der Waals surface area contributed by atoms with Gasteiger partial charge in [-0.25, -0.2) is 22.9 Å². The van der Waals surface area contributed by atoms with Crippen LogP contribution in [0.1, 0.15) is 17.4 Å². The van der Waals surface area contributed by atoms with Crippen LogP contribution in [-0.2, 0) is 14.8 Å². The maximum atomic E-state index is 12.0. The number of carboxylic acid groups (broad SMARTS) is 1. The molecule has 0 aliphatic carbocycles. The van der Waals surface area contributed by atoms with Crippen LogP contribution in [0.5, 0.6) is 0 Å². The number of rotatable bonds is 5. The predicted octanol–water partition coefficient (Wildman–Crippen LogP) is 0.156. The van der Waals surface area contributed by atoms with Gasteiger partial charge >= 0.3 is 5.97 Å². The van der Waals surface area contributed by atoms with Crippen LogP contribution in [0.2, 0.25) is 0 Å². The van der Waals surface area contributed by atoms with Gasteiger partial charge in [-0.1, -0.05) is 6.92 Å². The molecule has 1 aliphatic rings. The van der Waals surface area contributed by atoms with Gasteiger partial charge < -0.3 is 9.84 Å². The second kappa shape index (κ2) is 4.57. The second-order valence-electron chi connectivity index (χ2n) is 4.42. The molecule has 2 rings (SSSR count). The van der Waals surface area contributed by atoms with Crippen molar-refractivity contribution in [3.63, 3.8) is 0 Å². The Balaban J connectivity index is 2.15. The van der Waals surface area contributed by atoms with Crippen molar-refractivity contribution < 1.29 is 23.1 Å². The molecule has 100 valence electrons. The third-order valence-corrected chi connectivity index (χ3v) is 5.34. The molecule has 1 aromatic heterocycles. The number of aromatic nitrogens is 1. The Morgan fingerprint density at radius 3 is 2.83 bits per heavy atom. The molecule has 0 amide bonds. The number of carboxylic acids is 1. The molecule has 9 heteroatoms. The SMILES string of the molecule is CC1(CNS(=O)(=O)c2scnc2C(=O)O)COC1. The van der Waals surface area contributed by atoms with E-state index < -0.39 is 21.7 Å². The summed E-state index contributed by atoms with van der Waals surface area (Å²) >= 11 is 0.787. The van der Waals surface area contributed by atoms with Gasteiger partial charge in [0.25, 0.3) is 10.0 Å². The standard InChI is InChI=1S/C9H12N2O5S2/c1-9(3-16-4-9)2-11-18(14,15)8-6(7(12)13)10-5-17-8/h5,11H,2-4H2,1H3,(H,12,13). The van der Waals surface area contributed by atoms with Crippen LogP contribution in [0.15, 0.2) is 9.72 Å². The highest BCUT2D eigenvalue weighted by atomic mass is 32.2. The molecule has 0 aromatic carbocycles. The molecule has 0 spiro atoms. The van der Waals surface area contributed by atoms with Crippen molar-refractivity contribution in [2.75, 3.05) is 19.8 Å². The minimum absolute atomic E-state index is 0.215. The smallest absolute Gasteiger partial charge is 0.356 e. The molecule has 2 heterocycles. The zero-order valence-corrected chi connectivity index (χ0v) is 11.2. The van der Waals surface area contributed by atoms with Crippen LogP contribution >= 0.6 is 11.3 Å². The molecule has 1 fully saturated rings. The van der Waals surface area contributed by atoms with Crippen LogP contribution < -0.4 is 4.72 Å². The maximum absolute atomic E-state index is 12.0. The van der Waals surface area contributed by atoms with Gasteiger partial charge in [0.05, 0.1) is 18.7 Å². The minimum Gasteiger partial charge on any atom is -0.476 e. The largest absolute Gasteiger partial charge is 0.476 e. The summed E-state index contributed by atoms with van der Waals surface area (Å²) in [5.41, 5.74) is 0.537. The number of hydrogen-bond acceptors (Lipinski definition) is 6. The van der Waals surface area contributed by atoms with Gasteiger partial charge in [-0.2, -0.15) is 0 Å². The summed E-state index contributed by atoms with van der Waals surface area (Å²) in [5.74, 6) is -1.35. The summed E-state index contributed by atoms with van der Waals surface area (Å²) < 4.78 is 31.1. The summed E-state index contributed by atoms with van der Waals surface area (Å²) in [6.45, 7) is 3.09. The summed E-state index contributed by atoms with van der Waals surface area (Å²) in [5, 5.41) is 8.84. The molecule has 0 bridgehead atoms. The molecular formula is C9H12N2O5S2. The molecule has 1 aromatic rings. The Hall–Kier alpha value is -1.03. The Morgan fingerprint density at radius 2 is 2.33 bits per heavy atom. The zero-order chi connectivity index (χ0) is 13.4. The van der Waals surface area contributed by atoms with E-state index in [1.807, 2.05) is 6.92 Å². The van der Waals surface area contributed by atoms with Gasteiger partial charge in [0.2, 0.25) is 0 Å². The van der Waals surface area contributed by atoms with Crippen LogP contribution in [0.4, 0.5) is 0 Å². The van der Waals surface area contributed by atoms with Crippen molar-refractivity contribution in [1.82, 2.24) is 9.71 Å². The van der Waals surface area contributed by atoms with E-state index in [1.165, 1.54) is 5.51 Å². The normalized spacial score (nSPS) is 18.3. The average molecular weight is 292 g/mol. The van der Waals surface area contributed by atoms with Crippen molar-refractivity contribution in [2.24, 2.45) is 5.41 Å². The minimum atomic E-state index is -3.83. The highest BCUT2D eigenvalue weighted by molar-refractivity contribution is 7.91. The highest BCUT2D eigenvalue weighted by Gasteiger charge is 2.35. The van der Waals surface area contributed by atoms with E-state index in [2.05, 4.69) is 9.71 Å². The van der Waals surface area contributed by atoms with Crippen molar-refractivity contribution in [2.45, 2.75) is 11.1 Å².